The molecular weight excluding hydrogens is 307 g/mol. The molecule has 1 saturated heterocycles. The van der Waals surface area contributed by atoms with E-state index in [-0.39, 0.29) is 18.2 Å². The number of alkyl halides is 3. The topological polar surface area (TPSA) is 108 Å². The molecule has 0 saturated carbocycles. The number of aryl methyl sites for hydroxylation is 1. The number of ether oxygens (including phenoxy) is 1. The summed E-state index contributed by atoms with van der Waals surface area (Å²) in [6.07, 6.45) is -8.28. The summed E-state index contributed by atoms with van der Waals surface area (Å²) in [5.74, 6) is -0.324. The van der Waals surface area contributed by atoms with Crippen LogP contribution in [0.3, 0.4) is 0 Å². The number of nitrogens with zero attached hydrogens (tertiary/aromatic N) is 2. The Hall–Kier alpha value is -1.49. The Morgan fingerprint density at radius 3 is 2.59 bits per heavy atom. The van der Waals surface area contributed by atoms with E-state index in [1.54, 1.807) is 0 Å². The second-order valence-electron chi connectivity index (χ2n) is 5.00. The molecule has 2 heterocycles. The molecule has 7 nitrogen and oxygen atoms in total. The van der Waals surface area contributed by atoms with Gasteiger partial charge in [0.2, 0.25) is 5.95 Å². The molecule has 4 atom stereocenters. The number of rotatable bonds is 3. The maximum atomic E-state index is 12.7. The molecule has 2 rings (SSSR count). The van der Waals surface area contributed by atoms with Gasteiger partial charge < -0.3 is 25.4 Å². The number of halogens is 3. The van der Waals surface area contributed by atoms with E-state index < -0.39 is 42.8 Å². The highest BCUT2D eigenvalue weighted by molar-refractivity contribution is 5.31. The van der Waals surface area contributed by atoms with Gasteiger partial charge >= 0.3 is 6.18 Å². The molecule has 4 N–H and O–H groups in total. The highest BCUT2D eigenvalue weighted by Crippen LogP contribution is 2.28. The molecule has 1 aliphatic rings. The van der Waals surface area contributed by atoms with Crippen LogP contribution in [0.5, 0.6) is 0 Å². The van der Waals surface area contributed by atoms with Crippen molar-refractivity contribution in [3.8, 4) is 0 Å². The Labute approximate surface area is 123 Å². The zero-order valence-electron chi connectivity index (χ0n) is 11.6. The van der Waals surface area contributed by atoms with Gasteiger partial charge in [-0.15, -0.1) is 0 Å². The molecule has 0 unspecified atom stereocenters. The van der Waals surface area contributed by atoms with Gasteiger partial charge in [0, 0.05) is 5.69 Å². The van der Waals surface area contributed by atoms with E-state index in [4.69, 9.17) is 9.84 Å². The highest BCUT2D eigenvalue weighted by atomic mass is 19.4. The molecule has 0 aromatic carbocycles. The van der Waals surface area contributed by atoms with E-state index >= 15 is 0 Å². The van der Waals surface area contributed by atoms with E-state index in [0.29, 0.717) is 0 Å². The summed E-state index contributed by atoms with van der Waals surface area (Å²) in [7, 11) is 0. The van der Waals surface area contributed by atoms with Crippen LogP contribution in [0.15, 0.2) is 6.07 Å². The zero-order chi connectivity index (χ0) is 16.5. The van der Waals surface area contributed by atoms with Gasteiger partial charge in [-0.1, -0.05) is 0 Å². The summed E-state index contributed by atoms with van der Waals surface area (Å²) >= 11 is 0. The van der Waals surface area contributed by atoms with Gasteiger partial charge in [0.1, 0.15) is 24.0 Å². The molecule has 1 aliphatic heterocycles. The maximum absolute atomic E-state index is 12.7. The Bertz CT molecular complexity index is 529. The van der Waals surface area contributed by atoms with E-state index in [1.165, 1.54) is 6.92 Å². The molecular formula is C12H16F3N3O4. The second-order valence-corrected chi connectivity index (χ2v) is 5.00. The predicted octanol–water partition coefficient (Wildman–Crippen LogP) is -0.303. The fourth-order valence-corrected chi connectivity index (χ4v) is 2.11. The number of aliphatic hydroxyl groups excluding tert-OH is 3. The van der Waals surface area contributed by atoms with Crippen LogP contribution in [-0.2, 0) is 10.9 Å². The second kappa shape index (κ2) is 6.32. The first-order valence-electron chi connectivity index (χ1n) is 6.50. The van der Waals surface area contributed by atoms with Gasteiger partial charge in [-0.3, -0.25) is 0 Å². The first-order valence-corrected chi connectivity index (χ1v) is 6.50. The summed E-state index contributed by atoms with van der Waals surface area (Å²) < 4.78 is 43.2. The van der Waals surface area contributed by atoms with Gasteiger partial charge in [0.15, 0.2) is 0 Å². The van der Waals surface area contributed by atoms with Gasteiger partial charge in [-0.2, -0.15) is 13.2 Å². The van der Waals surface area contributed by atoms with E-state index in [0.717, 1.165) is 6.07 Å². The smallest absolute Gasteiger partial charge is 0.394 e. The lowest BCUT2D eigenvalue weighted by molar-refractivity contribution is -0.152. The predicted molar refractivity (Wildman–Crippen MR) is 68.0 cm³/mol. The molecule has 0 radical (unpaired) electrons. The Morgan fingerprint density at radius 1 is 1.32 bits per heavy atom. The third-order valence-electron chi connectivity index (χ3n) is 3.27. The third-order valence-corrected chi connectivity index (χ3v) is 3.27. The van der Waals surface area contributed by atoms with Crippen LogP contribution in [0.1, 0.15) is 11.4 Å². The number of aliphatic hydroxyl groups is 3. The van der Waals surface area contributed by atoms with Crippen LogP contribution in [0.4, 0.5) is 19.1 Å². The number of hydrogen-bond acceptors (Lipinski definition) is 7. The van der Waals surface area contributed by atoms with Crippen molar-refractivity contribution in [2.75, 3.05) is 18.5 Å². The minimum absolute atomic E-state index is 0.102. The minimum atomic E-state index is -4.62. The Morgan fingerprint density at radius 2 is 2.00 bits per heavy atom. The van der Waals surface area contributed by atoms with Gasteiger partial charge in [0.05, 0.1) is 19.3 Å². The minimum Gasteiger partial charge on any atom is -0.394 e. The van der Waals surface area contributed by atoms with Crippen molar-refractivity contribution in [1.29, 1.82) is 0 Å². The molecule has 10 heteroatoms. The standard InChI is InChI=1S/C12H16F3N3O4/c1-5-2-8(12(13,14)15)18-11(16-5)17-6-4-22-7(3-19)10(21)9(6)20/h2,6-7,9-10,19-21H,3-4H2,1H3,(H,16,17,18)/t6-,7+,9+,10-/m0/s1. The van der Waals surface area contributed by atoms with E-state index in [9.17, 15) is 23.4 Å². The van der Waals surface area contributed by atoms with Crippen molar-refractivity contribution < 1.29 is 33.2 Å². The number of hydrogen-bond donors (Lipinski definition) is 4. The monoisotopic (exact) mass is 323 g/mol. The van der Waals surface area contributed by atoms with Gasteiger partial charge in [-0.25, -0.2) is 9.97 Å². The van der Waals surface area contributed by atoms with Crippen LogP contribution in [0.2, 0.25) is 0 Å². The van der Waals surface area contributed by atoms with Gasteiger partial charge in [-0.05, 0) is 13.0 Å². The lowest BCUT2D eigenvalue weighted by Crippen LogP contribution is -2.56. The fraction of sp³-hybridized carbons (Fsp3) is 0.667. The maximum Gasteiger partial charge on any atom is 0.433 e. The summed E-state index contributed by atoms with van der Waals surface area (Å²) in [6, 6.07) is -0.101. The van der Waals surface area contributed by atoms with Crippen molar-refractivity contribution >= 4 is 5.95 Å². The van der Waals surface area contributed by atoms with Crippen LogP contribution < -0.4 is 5.32 Å². The Kier molecular flexibility index (Phi) is 4.85. The molecule has 1 aromatic rings. The summed E-state index contributed by atoms with van der Waals surface area (Å²) in [4.78, 5) is 7.17. The van der Waals surface area contributed by atoms with Crippen LogP contribution >= 0.6 is 0 Å². The first-order chi connectivity index (χ1) is 10.2. The molecule has 0 aliphatic carbocycles. The molecule has 1 fully saturated rings. The van der Waals surface area contributed by atoms with Crippen molar-refractivity contribution in [1.82, 2.24) is 9.97 Å². The first kappa shape index (κ1) is 16.9. The third kappa shape index (κ3) is 3.64. The molecule has 0 amide bonds. The van der Waals surface area contributed by atoms with E-state index in [1.807, 2.05) is 0 Å². The molecule has 0 bridgehead atoms. The summed E-state index contributed by atoms with van der Waals surface area (Å²) in [6.45, 7) is 0.777. The summed E-state index contributed by atoms with van der Waals surface area (Å²) in [5, 5.41) is 31.1. The highest BCUT2D eigenvalue weighted by Gasteiger charge is 2.39. The number of anilines is 1. The lowest BCUT2D eigenvalue weighted by atomic mass is 9.98. The van der Waals surface area contributed by atoms with Crippen LogP contribution in [0, 0.1) is 6.92 Å². The largest absolute Gasteiger partial charge is 0.433 e. The molecule has 0 spiro atoms. The quantitative estimate of drug-likeness (QED) is 0.605. The molecule has 1 aromatic heterocycles. The number of nitrogens with one attached hydrogen (secondary N) is 1. The Balaban J connectivity index is 2.16. The molecule has 22 heavy (non-hydrogen) atoms. The van der Waals surface area contributed by atoms with Crippen LogP contribution in [-0.4, -0.2) is 62.9 Å². The van der Waals surface area contributed by atoms with Gasteiger partial charge in [0.25, 0.3) is 0 Å². The summed E-state index contributed by atoms with van der Waals surface area (Å²) in [5.41, 5.74) is -1.01. The van der Waals surface area contributed by atoms with Crippen molar-refractivity contribution in [2.45, 2.75) is 37.5 Å². The average Bonchev–Trinajstić information content (AvgIpc) is 2.43. The van der Waals surface area contributed by atoms with Crippen LogP contribution in [0.25, 0.3) is 0 Å². The van der Waals surface area contributed by atoms with Crippen molar-refractivity contribution in [3.05, 3.63) is 17.5 Å². The van der Waals surface area contributed by atoms with E-state index in [2.05, 4.69) is 15.3 Å². The zero-order valence-corrected chi connectivity index (χ0v) is 11.6. The normalized spacial score (nSPS) is 29.4. The number of aromatic nitrogens is 2. The van der Waals surface area contributed by atoms with Crippen molar-refractivity contribution in [2.24, 2.45) is 0 Å². The average molecular weight is 323 g/mol. The SMILES string of the molecule is Cc1cc(C(F)(F)F)nc(N[C@H]2CO[C@H](CO)[C@H](O)[C@@H]2O)n1. The fourth-order valence-electron chi connectivity index (χ4n) is 2.11. The molecule has 124 valence electrons. The lowest BCUT2D eigenvalue weighted by Gasteiger charge is -2.37. The van der Waals surface area contributed by atoms with Crippen molar-refractivity contribution in [3.63, 3.8) is 0 Å².